The van der Waals surface area contributed by atoms with Gasteiger partial charge in [0.05, 0.1) is 24.3 Å². The molecule has 4 rings (SSSR count). The Balaban J connectivity index is 1.52. The number of hydrogen-bond acceptors (Lipinski definition) is 6. The molecule has 2 aromatic heterocycles. The van der Waals surface area contributed by atoms with Crippen molar-refractivity contribution < 1.29 is 9.18 Å². The van der Waals surface area contributed by atoms with E-state index in [1.165, 1.54) is 18.5 Å². The first kappa shape index (κ1) is 20.9. The molecule has 31 heavy (non-hydrogen) atoms. The molecule has 0 radical (unpaired) electrons. The van der Waals surface area contributed by atoms with E-state index in [1.54, 1.807) is 29.1 Å². The number of hydrogen-bond donors (Lipinski definition) is 2. The van der Waals surface area contributed by atoms with Gasteiger partial charge in [0.1, 0.15) is 17.2 Å². The number of nitrogens with one attached hydrogen (secondary N) is 1. The minimum atomic E-state index is -0.419. The first-order valence-electron chi connectivity index (χ1n) is 10.4. The Labute approximate surface area is 180 Å². The summed E-state index contributed by atoms with van der Waals surface area (Å²) >= 11 is 0. The number of nitrogens with zero attached hydrogens (tertiary/aromatic N) is 5. The van der Waals surface area contributed by atoms with Crippen molar-refractivity contribution in [3.8, 4) is 11.3 Å². The van der Waals surface area contributed by atoms with Gasteiger partial charge in [0, 0.05) is 25.7 Å². The van der Waals surface area contributed by atoms with Gasteiger partial charge in [0.15, 0.2) is 5.82 Å². The monoisotopic (exact) mass is 423 g/mol. The normalized spacial score (nSPS) is 14.6. The van der Waals surface area contributed by atoms with Crippen LogP contribution in [0.1, 0.15) is 29.8 Å². The minimum Gasteiger partial charge on any atom is -0.355 e. The standard InChI is InChI=1S/C22H26FN7O/c1-29-22(30-10-7-15(6-9-24)8-11-30)20(14-26-29)28-21(31)19-13-25-12-18(27-19)16-4-2-3-5-17(16)23/h2-5,12-15H,6-11,24H2,1H3,(H,28,31). The van der Waals surface area contributed by atoms with Gasteiger partial charge in [0.25, 0.3) is 5.91 Å². The molecule has 0 atom stereocenters. The van der Waals surface area contributed by atoms with Gasteiger partial charge in [-0.25, -0.2) is 9.37 Å². The molecule has 0 bridgehead atoms. The maximum atomic E-state index is 14.1. The summed E-state index contributed by atoms with van der Waals surface area (Å²) in [7, 11) is 1.86. The fourth-order valence-electron chi connectivity index (χ4n) is 4.02. The molecule has 0 aliphatic carbocycles. The third-order valence-electron chi connectivity index (χ3n) is 5.66. The molecule has 0 unspecified atom stereocenters. The Bertz CT molecular complexity index is 1060. The van der Waals surface area contributed by atoms with Gasteiger partial charge < -0.3 is 16.0 Å². The van der Waals surface area contributed by atoms with E-state index >= 15 is 0 Å². The SMILES string of the molecule is Cn1ncc(NC(=O)c2cncc(-c3ccccc3F)n2)c1N1CCC(CCN)CC1. The molecule has 162 valence electrons. The second-order valence-electron chi connectivity index (χ2n) is 7.74. The molecule has 1 saturated heterocycles. The van der Waals surface area contributed by atoms with Crippen LogP contribution in [-0.2, 0) is 7.05 Å². The molecule has 3 heterocycles. The summed E-state index contributed by atoms with van der Waals surface area (Å²) in [6, 6.07) is 6.27. The Kier molecular flexibility index (Phi) is 6.22. The third-order valence-corrected chi connectivity index (χ3v) is 5.66. The van der Waals surface area contributed by atoms with E-state index in [-0.39, 0.29) is 5.69 Å². The van der Waals surface area contributed by atoms with E-state index in [2.05, 4.69) is 25.3 Å². The van der Waals surface area contributed by atoms with Crippen LogP contribution in [0.5, 0.6) is 0 Å². The molecule has 1 fully saturated rings. The lowest BCUT2D eigenvalue weighted by atomic mass is 9.93. The van der Waals surface area contributed by atoms with Crippen LogP contribution < -0.4 is 16.0 Å². The minimum absolute atomic E-state index is 0.109. The van der Waals surface area contributed by atoms with Gasteiger partial charge in [-0.3, -0.25) is 14.5 Å². The van der Waals surface area contributed by atoms with Gasteiger partial charge in [-0.2, -0.15) is 5.10 Å². The van der Waals surface area contributed by atoms with E-state index in [4.69, 9.17) is 5.73 Å². The molecule has 3 N–H and O–H groups in total. The summed E-state index contributed by atoms with van der Waals surface area (Å²) in [6.45, 7) is 2.48. The number of amides is 1. The number of piperidine rings is 1. The predicted molar refractivity (Wildman–Crippen MR) is 117 cm³/mol. The number of rotatable bonds is 6. The lowest BCUT2D eigenvalue weighted by Gasteiger charge is -2.33. The van der Waals surface area contributed by atoms with Crippen LogP contribution in [0.3, 0.4) is 0 Å². The van der Waals surface area contributed by atoms with Gasteiger partial charge in [-0.15, -0.1) is 0 Å². The number of aromatic nitrogens is 4. The number of carbonyl (C=O) groups excluding carboxylic acids is 1. The topological polar surface area (TPSA) is 102 Å². The lowest BCUT2D eigenvalue weighted by molar-refractivity contribution is 0.102. The molecule has 1 aromatic carbocycles. The molecule has 3 aromatic rings. The first-order chi connectivity index (χ1) is 15.1. The largest absolute Gasteiger partial charge is 0.355 e. The van der Waals surface area contributed by atoms with E-state index in [9.17, 15) is 9.18 Å². The Morgan fingerprint density at radius 1 is 1.23 bits per heavy atom. The van der Waals surface area contributed by atoms with Gasteiger partial charge >= 0.3 is 0 Å². The highest BCUT2D eigenvalue weighted by molar-refractivity contribution is 6.04. The lowest BCUT2D eigenvalue weighted by Crippen LogP contribution is -2.36. The summed E-state index contributed by atoms with van der Waals surface area (Å²) in [5, 5.41) is 7.22. The Hall–Kier alpha value is -3.33. The second kappa shape index (κ2) is 9.22. The average Bonchev–Trinajstić information content (AvgIpc) is 3.15. The average molecular weight is 423 g/mol. The fourth-order valence-corrected chi connectivity index (χ4v) is 4.02. The first-order valence-corrected chi connectivity index (χ1v) is 10.4. The number of nitrogens with two attached hydrogens (primary N) is 1. The molecule has 8 nitrogen and oxygen atoms in total. The van der Waals surface area contributed by atoms with Gasteiger partial charge in [-0.05, 0) is 43.9 Å². The van der Waals surface area contributed by atoms with Crippen molar-refractivity contribution in [3.05, 3.63) is 54.4 Å². The van der Waals surface area contributed by atoms with Gasteiger partial charge in [0.2, 0.25) is 0 Å². The number of halogens is 1. The molecule has 0 spiro atoms. The molecular weight excluding hydrogens is 397 g/mol. The van der Waals surface area contributed by atoms with Crippen molar-refractivity contribution in [2.75, 3.05) is 29.9 Å². The van der Waals surface area contributed by atoms with Crippen LogP contribution in [0, 0.1) is 11.7 Å². The predicted octanol–water partition coefficient (Wildman–Crippen LogP) is 2.83. The van der Waals surface area contributed by atoms with Gasteiger partial charge in [-0.1, -0.05) is 12.1 Å². The molecule has 0 saturated carbocycles. The van der Waals surface area contributed by atoms with Crippen LogP contribution >= 0.6 is 0 Å². The second-order valence-corrected chi connectivity index (χ2v) is 7.74. The zero-order chi connectivity index (χ0) is 21.8. The van der Waals surface area contributed by atoms with E-state index in [0.29, 0.717) is 29.4 Å². The van der Waals surface area contributed by atoms with Crippen LogP contribution in [0.4, 0.5) is 15.9 Å². The van der Waals surface area contributed by atoms with Crippen LogP contribution in [-0.4, -0.2) is 45.3 Å². The van der Waals surface area contributed by atoms with Crippen molar-refractivity contribution in [2.45, 2.75) is 19.3 Å². The maximum Gasteiger partial charge on any atom is 0.276 e. The summed E-state index contributed by atoms with van der Waals surface area (Å²) in [6.07, 6.45) is 7.61. The molecular formula is C22H26FN7O. The van der Waals surface area contributed by atoms with E-state index < -0.39 is 11.7 Å². The van der Waals surface area contributed by atoms with Crippen LogP contribution in [0.25, 0.3) is 11.3 Å². The summed E-state index contributed by atoms with van der Waals surface area (Å²) < 4.78 is 15.9. The highest BCUT2D eigenvalue weighted by Gasteiger charge is 2.24. The van der Waals surface area contributed by atoms with Crippen molar-refractivity contribution in [1.82, 2.24) is 19.7 Å². The summed E-state index contributed by atoms with van der Waals surface area (Å²) in [5.74, 6) is 0.668. The van der Waals surface area contributed by atoms with Crippen LogP contribution in [0.2, 0.25) is 0 Å². The molecule has 1 amide bonds. The number of aryl methyl sites for hydroxylation is 1. The van der Waals surface area contributed by atoms with Crippen LogP contribution in [0.15, 0.2) is 42.9 Å². The Morgan fingerprint density at radius 2 is 2.00 bits per heavy atom. The molecule has 1 aliphatic rings. The summed E-state index contributed by atoms with van der Waals surface area (Å²) in [5.41, 5.74) is 7.02. The van der Waals surface area contributed by atoms with Crippen molar-refractivity contribution in [1.29, 1.82) is 0 Å². The smallest absolute Gasteiger partial charge is 0.276 e. The highest BCUT2D eigenvalue weighted by Crippen LogP contribution is 2.30. The maximum absolute atomic E-state index is 14.1. The number of carbonyl (C=O) groups is 1. The van der Waals surface area contributed by atoms with E-state index in [1.807, 2.05) is 7.05 Å². The fraction of sp³-hybridized carbons (Fsp3) is 0.364. The van der Waals surface area contributed by atoms with E-state index in [0.717, 1.165) is 38.2 Å². The quantitative estimate of drug-likeness (QED) is 0.632. The third kappa shape index (κ3) is 4.56. The van der Waals surface area contributed by atoms with Crippen molar-refractivity contribution >= 4 is 17.4 Å². The van der Waals surface area contributed by atoms with Crippen molar-refractivity contribution in [2.24, 2.45) is 18.7 Å². The number of anilines is 2. The zero-order valence-corrected chi connectivity index (χ0v) is 17.5. The highest BCUT2D eigenvalue weighted by atomic mass is 19.1. The number of benzene rings is 1. The molecule has 1 aliphatic heterocycles. The summed E-state index contributed by atoms with van der Waals surface area (Å²) in [4.78, 5) is 23.5. The Morgan fingerprint density at radius 3 is 2.74 bits per heavy atom. The van der Waals surface area contributed by atoms with Crippen molar-refractivity contribution in [3.63, 3.8) is 0 Å². The molecule has 9 heteroatoms. The zero-order valence-electron chi connectivity index (χ0n) is 17.5.